The predicted octanol–water partition coefficient (Wildman–Crippen LogP) is 1.50. The zero-order valence-electron chi connectivity index (χ0n) is 11.2. The van der Waals surface area contributed by atoms with E-state index in [-0.39, 0.29) is 24.0 Å². The highest BCUT2D eigenvalue weighted by atomic mass is 127. The number of nitrogens with two attached hydrogens (primary N) is 1. The minimum absolute atomic E-state index is 0. The van der Waals surface area contributed by atoms with E-state index in [1.165, 1.54) is 12.8 Å². The van der Waals surface area contributed by atoms with Gasteiger partial charge in [0.1, 0.15) is 0 Å². The lowest BCUT2D eigenvalue weighted by atomic mass is 9.93. The summed E-state index contributed by atoms with van der Waals surface area (Å²) in [6, 6.07) is 0.514. The summed E-state index contributed by atoms with van der Waals surface area (Å²) in [7, 11) is 5.93. The number of guanidine groups is 1. The summed E-state index contributed by atoms with van der Waals surface area (Å²) < 4.78 is 0. The molecule has 1 atom stereocenters. The third-order valence-corrected chi connectivity index (χ3v) is 2.99. The van der Waals surface area contributed by atoms with E-state index in [1.807, 2.05) is 0 Å². The molecule has 0 rings (SSSR count). The van der Waals surface area contributed by atoms with Crippen LogP contribution in [0.5, 0.6) is 0 Å². The van der Waals surface area contributed by atoms with E-state index < -0.39 is 0 Å². The van der Waals surface area contributed by atoms with Crippen LogP contribution in [0.15, 0.2) is 4.99 Å². The van der Waals surface area contributed by atoms with Crippen LogP contribution in [0.1, 0.15) is 26.7 Å². The van der Waals surface area contributed by atoms with Gasteiger partial charge in [-0.25, -0.2) is 0 Å². The van der Waals surface area contributed by atoms with Crippen molar-refractivity contribution in [3.63, 3.8) is 0 Å². The lowest BCUT2D eigenvalue weighted by Gasteiger charge is -2.31. The molecule has 0 aliphatic heterocycles. The minimum atomic E-state index is 0. The van der Waals surface area contributed by atoms with Crippen molar-refractivity contribution in [2.24, 2.45) is 16.6 Å². The van der Waals surface area contributed by atoms with Gasteiger partial charge < -0.3 is 16.0 Å². The molecule has 0 spiro atoms. The Hall–Kier alpha value is -0.0400. The van der Waals surface area contributed by atoms with E-state index in [1.54, 1.807) is 7.05 Å². The van der Waals surface area contributed by atoms with Crippen molar-refractivity contribution >= 4 is 29.9 Å². The van der Waals surface area contributed by atoms with Gasteiger partial charge in [0.2, 0.25) is 0 Å². The van der Waals surface area contributed by atoms with Crippen LogP contribution < -0.4 is 11.1 Å². The van der Waals surface area contributed by atoms with Crippen LogP contribution in [0.3, 0.4) is 0 Å². The summed E-state index contributed by atoms with van der Waals surface area (Å²) in [5.74, 6) is 1.23. The predicted molar refractivity (Wildman–Crippen MR) is 82.5 cm³/mol. The second-order valence-corrected chi connectivity index (χ2v) is 4.10. The molecule has 3 N–H and O–H groups in total. The maximum Gasteiger partial charge on any atom is 0.188 e. The Labute approximate surface area is 117 Å². The first-order valence-electron chi connectivity index (χ1n) is 5.69. The molecule has 1 unspecified atom stereocenters. The molecule has 0 aromatic heterocycles. The van der Waals surface area contributed by atoms with E-state index in [2.05, 4.69) is 43.2 Å². The molecule has 4 nitrogen and oxygen atoms in total. The van der Waals surface area contributed by atoms with Crippen molar-refractivity contribution in [3.8, 4) is 0 Å². The minimum Gasteiger partial charge on any atom is -0.370 e. The number of halogens is 1. The fraction of sp³-hybridized carbons (Fsp3) is 0.909. The van der Waals surface area contributed by atoms with Gasteiger partial charge in [0.25, 0.3) is 0 Å². The van der Waals surface area contributed by atoms with Crippen LogP contribution in [-0.4, -0.2) is 44.6 Å². The summed E-state index contributed by atoms with van der Waals surface area (Å²) in [5, 5.41) is 3.15. The molecule has 0 saturated carbocycles. The third-order valence-electron chi connectivity index (χ3n) is 2.99. The number of hydrogen-bond donors (Lipinski definition) is 2. The van der Waals surface area contributed by atoms with Crippen molar-refractivity contribution in [2.75, 3.05) is 27.7 Å². The topological polar surface area (TPSA) is 53.6 Å². The van der Waals surface area contributed by atoms with Gasteiger partial charge >= 0.3 is 0 Å². The highest BCUT2D eigenvalue weighted by Crippen LogP contribution is 2.16. The monoisotopic (exact) mass is 342 g/mol. The van der Waals surface area contributed by atoms with Crippen LogP contribution in [-0.2, 0) is 0 Å². The van der Waals surface area contributed by atoms with Gasteiger partial charge in [-0.1, -0.05) is 26.7 Å². The van der Waals surface area contributed by atoms with Gasteiger partial charge in [-0.3, -0.25) is 4.99 Å². The summed E-state index contributed by atoms with van der Waals surface area (Å²) in [6.07, 6.45) is 2.40. The van der Waals surface area contributed by atoms with E-state index in [0.29, 0.717) is 17.9 Å². The molecule has 0 aliphatic rings. The number of hydrogen-bond acceptors (Lipinski definition) is 2. The first-order valence-corrected chi connectivity index (χ1v) is 5.69. The van der Waals surface area contributed by atoms with Crippen molar-refractivity contribution in [3.05, 3.63) is 0 Å². The largest absolute Gasteiger partial charge is 0.370 e. The van der Waals surface area contributed by atoms with Crippen molar-refractivity contribution in [2.45, 2.75) is 32.7 Å². The Kier molecular flexibility index (Phi) is 11.6. The molecule has 0 aromatic rings. The maximum atomic E-state index is 5.62. The fourth-order valence-electron chi connectivity index (χ4n) is 1.89. The smallest absolute Gasteiger partial charge is 0.188 e. The molecule has 0 bridgehead atoms. The van der Waals surface area contributed by atoms with Crippen LogP contribution in [0, 0.1) is 5.92 Å². The van der Waals surface area contributed by atoms with Gasteiger partial charge in [0, 0.05) is 19.6 Å². The maximum absolute atomic E-state index is 5.62. The van der Waals surface area contributed by atoms with E-state index in [4.69, 9.17) is 5.73 Å². The van der Waals surface area contributed by atoms with Crippen LogP contribution in [0.25, 0.3) is 0 Å². The summed E-state index contributed by atoms with van der Waals surface area (Å²) in [5.41, 5.74) is 5.62. The molecular formula is C11H27IN4. The standard InChI is InChI=1S/C11H26N4.HI/c1-6-9(7-2)10(15(4)5)8-14-11(12)13-3;/h9-10H,6-8H2,1-5H3,(H3,12,13,14);1H. The number of rotatable bonds is 6. The number of aliphatic imine (C=N–C) groups is 1. The molecule has 0 saturated heterocycles. The first-order chi connectivity index (χ1) is 7.06. The SMILES string of the molecule is CCC(CC)C(CNC(N)=NC)N(C)C.I. The molecule has 16 heavy (non-hydrogen) atoms. The molecule has 0 amide bonds. The summed E-state index contributed by atoms with van der Waals surface area (Å²) >= 11 is 0. The molecule has 0 heterocycles. The second kappa shape index (κ2) is 10.1. The average molecular weight is 342 g/mol. The van der Waals surface area contributed by atoms with Gasteiger partial charge in [0.15, 0.2) is 5.96 Å². The highest BCUT2D eigenvalue weighted by molar-refractivity contribution is 14.0. The van der Waals surface area contributed by atoms with Gasteiger partial charge in [0.05, 0.1) is 0 Å². The normalized spacial score (nSPS) is 13.8. The average Bonchev–Trinajstić information content (AvgIpc) is 2.23. The van der Waals surface area contributed by atoms with E-state index in [0.717, 1.165) is 6.54 Å². The van der Waals surface area contributed by atoms with Crippen LogP contribution in [0.2, 0.25) is 0 Å². The van der Waals surface area contributed by atoms with Gasteiger partial charge in [-0.2, -0.15) is 0 Å². The fourth-order valence-corrected chi connectivity index (χ4v) is 1.89. The zero-order valence-corrected chi connectivity index (χ0v) is 13.5. The van der Waals surface area contributed by atoms with Crippen LogP contribution >= 0.6 is 24.0 Å². The lowest BCUT2D eigenvalue weighted by molar-refractivity contribution is 0.200. The number of likely N-dealkylation sites (N-methyl/N-ethyl adjacent to an activating group) is 1. The molecule has 0 aromatic carbocycles. The van der Waals surface area contributed by atoms with Crippen molar-refractivity contribution < 1.29 is 0 Å². The Balaban J connectivity index is 0. The second-order valence-electron chi connectivity index (χ2n) is 4.10. The summed E-state index contributed by atoms with van der Waals surface area (Å²) in [4.78, 5) is 6.15. The Morgan fingerprint density at radius 3 is 2.12 bits per heavy atom. The third kappa shape index (κ3) is 6.52. The lowest BCUT2D eigenvalue weighted by Crippen LogP contribution is -2.46. The Morgan fingerprint density at radius 2 is 1.81 bits per heavy atom. The summed E-state index contributed by atoms with van der Waals surface area (Å²) in [6.45, 7) is 5.34. The van der Waals surface area contributed by atoms with Gasteiger partial charge in [-0.05, 0) is 20.0 Å². The molecule has 0 radical (unpaired) electrons. The Bertz CT molecular complexity index is 190. The van der Waals surface area contributed by atoms with Crippen molar-refractivity contribution in [1.29, 1.82) is 0 Å². The first kappa shape index (κ1) is 18.3. The molecule has 98 valence electrons. The number of nitrogens with zero attached hydrogens (tertiary/aromatic N) is 2. The zero-order chi connectivity index (χ0) is 11.8. The molecule has 5 heteroatoms. The highest BCUT2D eigenvalue weighted by Gasteiger charge is 2.20. The molecular weight excluding hydrogens is 315 g/mol. The Morgan fingerprint density at radius 1 is 1.31 bits per heavy atom. The van der Waals surface area contributed by atoms with Crippen molar-refractivity contribution in [1.82, 2.24) is 10.2 Å². The molecule has 0 aliphatic carbocycles. The quantitative estimate of drug-likeness (QED) is 0.437. The van der Waals surface area contributed by atoms with E-state index >= 15 is 0 Å². The van der Waals surface area contributed by atoms with Gasteiger partial charge in [-0.15, -0.1) is 24.0 Å². The van der Waals surface area contributed by atoms with E-state index in [9.17, 15) is 0 Å². The number of nitrogens with one attached hydrogen (secondary N) is 1. The molecule has 0 fully saturated rings. The van der Waals surface area contributed by atoms with Crippen LogP contribution in [0.4, 0.5) is 0 Å².